The van der Waals surface area contributed by atoms with Crippen LogP contribution in [0.5, 0.6) is 0 Å². The second kappa shape index (κ2) is 5.57. The number of hydrogen-bond acceptors (Lipinski definition) is 3. The van der Waals surface area contributed by atoms with E-state index in [1.54, 1.807) is 16.9 Å². The number of aliphatic hydroxyl groups excluding tert-OH is 1. The van der Waals surface area contributed by atoms with Gasteiger partial charge in [-0.25, -0.2) is 0 Å². The molecule has 0 aliphatic carbocycles. The Balaban J connectivity index is 2.47. The van der Waals surface area contributed by atoms with Crippen molar-refractivity contribution in [3.8, 4) is 0 Å². The first-order chi connectivity index (χ1) is 8.54. The molecule has 2 aromatic heterocycles. The maximum atomic E-state index is 10.4. The van der Waals surface area contributed by atoms with Crippen LogP contribution in [-0.2, 0) is 6.54 Å². The molecule has 2 aromatic rings. The third-order valence-electron chi connectivity index (χ3n) is 2.49. The van der Waals surface area contributed by atoms with Crippen molar-refractivity contribution < 1.29 is 5.11 Å². The number of pyridine rings is 1. The van der Waals surface area contributed by atoms with E-state index < -0.39 is 6.10 Å². The van der Waals surface area contributed by atoms with E-state index in [0.717, 1.165) is 0 Å². The number of aliphatic hydroxyl groups is 1. The molecule has 4 nitrogen and oxygen atoms in total. The van der Waals surface area contributed by atoms with Gasteiger partial charge in [-0.3, -0.25) is 9.67 Å². The highest BCUT2D eigenvalue weighted by Gasteiger charge is 2.22. The van der Waals surface area contributed by atoms with Gasteiger partial charge in [-0.05, 0) is 28.9 Å². The summed E-state index contributed by atoms with van der Waals surface area (Å²) in [5, 5.41) is 15.3. The summed E-state index contributed by atoms with van der Waals surface area (Å²) in [5.41, 5.74) is 0.978. The van der Waals surface area contributed by atoms with Gasteiger partial charge in [-0.1, -0.05) is 23.2 Å². The van der Waals surface area contributed by atoms with Gasteiger partial charge in [0.1, 0.15) is 6.10 Å². The van der Waals surface area contributed by atoms with Crippen molar-refractivity contribution in [2.45, 2.75) is 19.6 Å². The lowest BCUT2D eigenvalue weighted by Crippen LogP contribution is -2.11. The molecule has 96 valence electrons. The fraction of sp³-hybridized carbons (Fsp3) is 0.273. The van der Waals surface area contributed by atoms with Crippen molar-refractivity contribution >= 4 is 39.1 Å². The van der Waals surface area contributed by atoms with Gasteiger partial charge >= 0.3 is 0 Å². The van der Waals surface area contributed by atoms with Crippen molar-refractivity contribution in [3.05, 3.63) is 44.4 Å². The van der Waals surface area contributed by atoms with Crippen LogP contribution in [0.4, 0.5) is 0 Å². The Labute approximate surface area is 123 Å². The lowest BCUT2D eigenvalue weighted by atomic mass is 10.1. The minimum atomic E-state index is -0.952. The summed E-state index contributed by atoms with van der Waals surface area (Å²) in [6.45, 7) is 2.58. The first-order valence-electron chi connectivity index (χ1n) is 5.24. The Hall–Kier alpha value is -0.620. The van der Waals surface area contributed by atoms with Crippen LogP contribution in [0.2, 0.25) is 10.0 Å². The van der Waals surface area contributed by atoms with Gasteiger partial charge in [-0.2, -0.15) is 5.10 Å². The minimum absolute atomic E-state index is 0.325. The molecule has 1 atom stereocenters. The SMILES string of the molecule is CCn1ncc(Br)c1C(O)c1ncc(Cl)cc1Cl. The number of nitrogens with zero attached hydrogens (tertiary/aromatic N) is 3. The van der Waals surface area contributed by atoms with Crippen molar-refractivity contribution in [1.82, 2.24) is 14.8 Å². The Bertz CT molecular complexity index is 573. The van der Waals surface area contributed by atoms with Gasteiger partial charge in [-0.15, -0.1) is 0 Å². The molecule has 0 aliphatic heterocycles. The monoisotopic (exact) mass is 349 g/mol. The predicted octanol–water partition coefficient (Wildman–Crippen LogP) is 3.45. The maximum Gasteiger partial charge on any atom is 0.140 e. The predicted molar refractivity (Wildman–Crippen MR) is 73.9 cm³/mol. The Kier molecular flexibility index (Phi) is 4.27. The van der Waals surface area contributed by atoms with Crippen LogP contribution in [0.1, 0.15) is 24.4 Å². The zero-order chi connectivity index (χ0) is 13.3. The van der Waals surface area contributed by atoms with E-state index in [1.165, 1.54) is 6.20 Å². The third kappa shape index (κ3) is 2.54. The summed E-state index contributed by atoms with van der Waals surface area (Å²) < 4.78 is 2.39. The summed E-state index contributed by atoms with van der Waals surface area (Å²) in [5.74, 6) is 0. The van der Waals surface area contributed by atoms with E-state index in [1.807, 2.05) is 6.92 Å². The van der Waals surface area contributed by atoms with Crippen LogP contribution in [-0.4, -0.2) is 19.9 Å². The Morgan fingerprint density at radius 3 is 2.78 bits per heavy atom. The molecule has 0 spiro atoms. The number of aryl methyl sites for hydroxylation is 1. The summed E-state index contributed by atoms with van der Waals surface area (Å²) in [7, 11) is 0. The molecule has 7 heteroatoms. The van der Waals surface area contributed by atoms with Crippen molar-refractivity contribution in [2.24, 2.45) is 0 Å². The Morgan fingerprint density at radius 1 is 1.44 bits per heavy atom. The van der Waals surface area contributed by atoms with Gasteiger partial charge in [0.25, 0.3) is 0 Å². The highest BCUT2D eigenvalue weighted by Crippen LogP contribution is 2.32. The maximum absolute atomic E-state index is 10.4. The third-order valence-corrected chi connectivity index (χ3v) is 3.61. The topological polar surface area (TPSA) is 50.9 Å². The molecule has 1 N–H and O–H groups in total. The molecule has 0 radical (unpaired) electrons. The molecular formula is C11H10BrCl2N3O. The molecule has 0 saturated carbocycles. The largest absolute Gasteiger partial charge is 0.380 e. The first-order valence-corrected chi connectivity index (χ1v) is 6.79. The van der Waals surface area contributed by atoms with Crippen LogP contribution in [0.3, 0.4) is 0 Å². The van der Waals surface area contributed by atoms with Gasteiger partial charge in [0.2, 0.25) is 0 Å². The number of aromatic nitrogens is 3. The highest BCUT2D eigenvalue weighted by molar-refractivity contribution is 9.10. The average molecular weight is 351 g/mol. The molecule has 18 heavy (non-hydrogen) atoms. The average Bonchev–Trinajstić information content (AvgIpc) is 2.69. The van der Waals surface area contributed by atoms with Crippen LogP contribution in [0.25, 0.3) is 0 Å². The molecule has 1 unspecified atom stereocenters. The van der Waals surface area contributed by atoms with E-state index in [0.29, 0.717) is 32.5 Å². The van der Waals surface area contributed by atoms with Crippen molar-refractivity contribution in [3.63, 3.8) is 0 Å². The van der Waals surface area contributed by atoms with Gasteiger partial charge in [0.15, 0.2) is 0 Å². The summed E-state index contributed by atoms with van der Waals surface area (Å²) in [6.07, 6.45) is 2.13. The molecule has 0 aliphatic rings. The van der Waals surface area contributed by atoms with E-state index in [2.05, 4.69) is 26.0 Å². The molecule has 0 saturated heterocycles. The second-order valence-electron chi connectivity index (χ2n) is 3.62. The van der Waals surface area contributed by atoms with Gasteiger partial charge < -0.3 is 5.11 Å². The lowest BCUT2D eigenvalue weighted by molar-refractivity contribution is 0.202. The Morgan fingerprint density at radius 2 is 2.17 bits per heavy atom. The number of halogens is 3. The van der Waals surface area contributed by atoms with E-state index in [-0.39, 0.29) is 0 Å². The number of rotatable bonds is 3. The quantitative estimate of drug-likeness (QED) is 0.922. The fourth-order valence-corrected chi connectivity index (χ4v) is 2.65. The summed E-state index contributed by atoms with van der Waals surface area (Å²) in [4.78, 5) is 4.07. The smallest absolute Gasteiger partial charge is 0.140 e. The zero-order valence-electron chi connectivity index (χ0n) is 9.44. The number of hydrogen-bond donors (Lipinski definition) is 1. The summed E-state index contributed by atoms with van der Waals surface area (Å²) in [6, 6.07) is 1.55. The zero-order valence-corrected chi connectivity index (χ0v) is 12.5. The highest BCUT2D eigenvalue weighted by atomic mass is 79.9. The molecule has 0 amide bonds. The molecule has 0 fully saturated rings. The first kappa shape index (κ1) is 13.8. The molecule has 2 rings (SSSR count). The van der Waals surface area contributed by atoms with Crippen LogP contribution < -0.4 is 0 Å². The van der Waals surface area contributed by atoms with E-state index in [9.17, 15) is 5.11 Å². The van der Waals surface area contributed by atoms with Gasteiger partial charge in [0, 0.05) is 12.7 Å². The molecule has 2 heterocycles. The van der Waals surface area contributed by atoms with Crippen LogP contribution in [0, 0.1) is 0 Å². The fourth-order valence-electron chi connectivity index (χ4n) is 1.65. The molecule has 0 aromatic carbocycles. The van der Waals surface area contributed by atoms with Crippen LogP contribution >= 0.6 is 39.1 Å². The lowest BCUT2D eigenvalue weighted by Gasteiger charge is -2.14. The summed E-state index contributed by atoms with van der Waals surface area (Å²) >= 11 is 15.2. The van der Waals surface area contributed by atoms with E-state index >= 15 is 0 Å². The second-order valence-corrected chi connectivity index (χ2v) is 5.31. The minimum Gasteiger partial charge on any atom is -0.380 e. The van der Waals surface area contributed by atoms with E-state index in [4.69, 9.17) is 23.2 Å². The standard InChI is InChI=1S/C11H10BrCl2N3O/c1-2-17-10(7(12)5-16-17)11(18)9-8(14)3-6(13)4-15-9/h3-5,11,18H,2H2,1H3. The van der Waals surface area contributed by atoms with Crippen LogP contribution in [0.15, 0.2) is 22.9 Å². The van der Waals surface area contributed by atoms with Crippen molar-refractivity contribution in [2.75, 3.05) is 0 Å². The molecule has 0 bridgehead atoms. The normalized spacial score (nSPS) is 12.7. The van der Waals surface area contributed by atoms with Crippen molar-refractivity contribution in [1.29, 1.82) is 0 Å². The van der Waals surface area contributed by atoms with Gasteiger partial charge in [0.05, 0.1) is 32.1 Å². The molecular weight excluding hydrogens is 341 g/mol.